The van der Waals surface area contributed by atoms with Crippen LogP contribution in [0.2, 0.25) is 0 Å². The molecule has 1 aliphatic heterocycles. The highest BCUT2D eigenvalue weighted by Crippen LogP contribution is 2.60. The Balaban J connectivity index is 1.76. The van der Waals surface area contributed by atoms with Crippen LogP contribution in [0.3, 0.4) is 0 Å². The fourth-order valence-corrected chi connectivity index (χ4v) is 4.96. The van der Waals surface area contributed by atoms with Crippen molar-refractivity contribution in [2.75, 3.05) is 4.90 Å². The van der Waals surface area contributed by atoms with E-state index in [4.69, 9.17) is 0 Å². The van der Waals surface area contributed by atoms with E-state index in [-0.39, 0.29) is 11.0 Å². The van der Waals surface area contributed by atoms with Crippen LogP contribution in [0.1, 0.15) is 36.1 Å². The molecule has 1 aliphatic carbocycles. The average Bonchev–Trinajstić information content (AvgIpc) is 2.89. The third-order valence-corrected chi connectivity index (χ3v) is 6.57. The Morgan fingerprint density at radius 2 is 1.38 bits per heavy atom. The summed E-state index contributed by atoms with van der Waals surface area (Å²) >= 11 is 0. The second kappa shape index (κ2) is 5.35. The molecule has 0 saturated carbocycles. The zero-order valence-electron chi connectivity index (χ0n) is 15.3. The first-order valence-electron chi connectivity index (χ1n) is 9.34. The Bertz CT molecular complexity index is 1000. The van der Waals surface area contributed by atoms with Gasteiger partial charge in [0.2, 0.25) is 0 Å². The van der Waals surface area contributed by atoms with Gasteiger partial charge in [0.25, 0.3) is 0 Å². The molecule has 2 aliphatic rings. The molecule has 26 heavy (non-hydrogen) atoms. The molecule has 1 heterocycles. The lowest BCUT2D eigenvalue weighted by Crippen LogP contribution is -2.52. The van der Waals surface area contributed by atoms with Gasteiger partial charge in [-0.1, -0.05) is 84.9 Å². The van der Waals surface area contributed by atoms with E-state index >= 15 is 0 Å². The van der Waals surface area contributed by atoms with Crippen molar-refractivity contribution in [3.8, 4) is 0 Å². The van der Waals surface area contributed by atoms with Crippen molar-refractivity contribution in [1.82, 2.24) is 0 Å². The summed E-state index contributed by atoms with van der Waals surface area (Å²) in [5.41, 5.74) is 6.70. The number of rotatable bonds is 2. The molecule has 0 amide bonds. The van der Waals surface area contributed by atoms with E-state index < -0.39 is 0 Å². The SMILES string of the molecule is C[C@@]12c3ccccc3C=C[C@]1(C)c1ccccc1N2Cc1ccccc1. The number of hydrogen-bond acceptors (Lipinski definition) is 1. The summed E-state index contributed by atoms with van der Waals surface area (Å²) in [6.07, 6.45) is 4.72. The van der Waals surface area contributed by atoms with E-state index in [0.29, 0.717) is 0 Å². The summed E-state index contributed by atoms with van der Waals surface area (Å²) in [6, 6.07) is 28.6. The molecule has 0 unspecified atom stereocenters. The number of hydrogen-bond donors (Lipinski definition) is 0. The first-order chi connectivity index (χ1) is 12.6. The summed E-state index contributed by atoms with van der Waals surface area (Å²) in [4.78, 5) is 2.61. The normalized spacial score (nSPS) is 25.5. The fourth-order valence-electron chi connectivity index (χ4n) is 4.96. The lowest BCUT2D eigenvalue weighted by Gasteiger charge is -2.49. The molecule has 0 N–H and O–H groups in total. The van der Waals surface area contributed by atoms with Crippen molar-refractivity contribution in [2.24, 2.45) is 0 Å². The Kier molecular flexibility index (Phi) is 3.18. The molecule has 0 bridgehead atoms. The maximum Gasteiger partial charge on any atom is 0.0764 e. The molecule has 0 fully saturated rings. The molecule has 0 aromatic heterocycles. The zero-order valence-corrected chi connectivity index (χ0v) is 15.3. The second-order valence-corrected chi connectivity index (χ2v) is 7.78. The van der Waals surface area contributed by atoms with E-state index in [1.807, 2.05) is 0 Å². The molecule has 5 rings (SSSR count). The zero-order chi connectivity index (χ0) is 17.8. The number of nitrogens with zero attached hydrogens (tertiary/aromatic N) is 1. The second-order valence-electron chi connectivity index (χ2n) is 7.78. The van der Waals surface area contributed by atoms with E-state index in [0.717, 1.165) is 6.54 Å². The minimum atomic E-state index is -0.113. The highest BCUT2D eigenvalue weighted by molar-refractivity contribution is 5.76. The van der Waals surface area contributed by atoms with Crippen LogP contribution in [0, 0.1) is 0 Å². The number of anilines is 1. The summed E-state index contributed by atoms with van der Waals surface area (Å²) < 4.78 is 0. The maximum absolute atomic E-state index is 2.61. The quantitative estimate of drug-likeness (QED) is 0.562. The maximum atomic E-state index is 2.61. The van der Waals surface area contributed by atoms with Crippen molar-refractivity contribution in [1.29, 1.82) is 0 Å². The van der Waals surface area contributed by atoms with Gasteiger partial charge in [0, 0.05) is 17.6 Å². The molecular formula is C25H23N. The molecule has 2 atom stereocenters. The fraction of sp³-hybridized carbons (Fsp3) is 0.200. The first kappa shape index (κ1) is 15.5. The Morgan fingerprint density at radius 1 is 0.731 bits per heavy atom. The van der Waals surface area contributed by atoms with Gasteiger partial charge in [-0.2, -0.15) is 0 Å². The predicted octanol–water partition coefficient (Wildman–Crippen LogP) is 5.91. The summed E-state index contributed by atoms with van der Waals surface area (Å²) in [5, 5.41) is 0. The van der Waals surface area contributed by atoms with Gasteiger partial charge < -0.3 is 4.90 Å². The number of para-hydroxylation sites is 1. The molecule has 0 spiro atoms. The van der Waals surface area contributed by atoms with Gasteiger partial charge in [-0.3, -0.25) is 0 Å². The molecular weight excluding hydrogens is 314 g/mol. The van der Waals surface area contributed by atoms with E-state index in [9.17, 15) is 0 Å². The van der Waals surface area contributed by atoms with Crippen LogP contribution in [0.15, 0.2) is 84.9 Å². The van der Waals surface area contributed by atoms with Crippen LogP contribution < -0.4 is 4.90 Å². The Hall–Kier alpha value is -2.80. The van der Waals surface area contributed by atoms with E-state index in [2.05, 4.69) is 110 Å². The third-order valence-electron chi connectivity index (χ3n) is 6.57. The van der Waals surface area contributed by atoms with Gasteiger partial charge in [-0.05, 0) is 42.2 Å². The molecule has 128 valence electrons. The van der Waals surface area contributed by atoms with Crippen LogP contribution in [-0.2, 0) is 17.5 Å². The standard InChI is InChI=1S/C25H23N/c1-24-17-16-20-12-6-7-13-21(20)25(24,2)26(18-19-10-4-3-5-11-19)23-15-9-8-14-22(23)24/h3-17H,18H2,1-2H3/t24-,25-/m1/s1. The highest BCUT2D eigenvalue weighted by atomic mass is 15.2. The first-order valence-corrected chi connectivity index (χ1v) is 9.34. The highest BCUT2D eigenvalue weighted by Gasteiger charge is 2.57. The van der Waals surface area contributed by atoms with E-state index in [1.54, 1.807) is 0 Å². The lowest BCUT2D eigenvalue weighted by molar-refractivity contribution is 0.318. The van der Waals surface area contributed by atoms with Gasteiger partial charge in [0.15, 0.2) is 0 Å². The lowest BCUT2D eigenvalue weighted by atomic mass is 9.62. The molecule has 3 aromatic rings. The third kappa shape index (κ3) is 1.86. The smallest absolute Gasteiger partial charge is 0.0764 e. The molecule has 3 aromatic carbocycles. The molecule has 1 nitrogen and oxygen atoms in total. The van der Waals surface area contributed by atoms with Crippen molar-refractivity contribution in [3.63, 3.8) is 0 Å². The van der Waals surface area contributed by atoms with Crippen LogP contribution >= 0.6 is 0 Å². The van der Waals surface area contributed by atoms with Crippen molar-refractivity contribution < 1.29 is 0 Å². The molecule has 0 saturated heterocycles. The minimum absolute atomic E-state index is 0.0489. The Morgan fingerprint density at radius 3 is 2.19 bits per heavy atom. The van der Waals surface area contributed by atoms with Gasteiger partial charge in [0.05, 0.1) is 5.54 Å². The van der Waals surface area contributed by atoms with Crippen molar-refractivity contribution >= 4 is 11.8 Å². The minimum Gasteiger partial charge on any atom is -0.356 e. The average molecular weight is 337 g/mol. The van der Waals surface area contributed by atoms with E-state index in [1.165, 1.54) is 27.9 Å². The largest absolute Gasteiger partial charge is 0.356 e. The topological polar surface area (TPSA) is 3.24 Å². The molecule has 0 radical (unpaired) electrons. The summed E-state index contributed by atoms with van der Waals surface area (Å²) in [6.45, 7) is 5.72. The number of fused-ring (bicyclic) bond motifs is 5. The van der Waals surface area contributed by atoms with Crippen molar-refractivity contribution in [3.05, 3.63) is 107 Å². The van der Waals surface area contributed by atoms with Gasteiger partial charge in [-0.25, -0.2) is 0 Å². The van der Waals surface area contributed by atoms with Crippen LogP contribution in [0.5, 0.6) is 0 Å². The van der Waals surface area contributed by atoms with Crippen LogP contribution in [-0.4, -0.2) is 0 Å². The van der Waals surface area contributed by atoms with Gasteiger partial charge in [-0.15, -0.1) is 0 Å². The van der Waals surface area contributed by atoms with Gasteiger partial charge >= 0.3 is 0 Å². The molecule has 1 heteroatoms. The van der Waals surface area contributed by atoms with Crippen LogP contribution in [0.25, 0.3) is 6.08 Å². The number of benzene rings is 3. The van der Waals surface area contributed by atoms with Crippen LogP contribution in [0.4, 0.5) is 5.69 Å². The summed E-state index contributed by atoms with van der Waals surface area (Å²) in [7, 11) is 0. The predicted molar refractivity (Wildman–Crippen MR) is 109 cm³/mol. The Labute approximate surface area is 155 Å². The van der Waals surface area contributed by atoms with Crippen molar-refractivity contribution in [2.45, 2.75) is 31.3 Å². The van der Waals surface area contributed by atoms with Gasteiger partial charge in [0.1, 0.15) is 0 Å². The monoisotopic (exact) mass is 337 g/mol. The summed E-state index contributed by atoms with van der Waals surface area (Å²) in [5.74, 6) is 0.